The second-order valence-electron chi connectivity index (χ2n) is 7.01. The largest absolute Gasteiger partial charge is 0.493 e. The third kappa shape index (κ3) is 5.50. The highest BCUT2D eigenvalue weighted by Crippen LogP contribution is 2.28. The van der Waals surface area contributed by atoms with Crippen LogP contribution in [0.15, 0.2) is 46.9 Å². The number of nitrogens with zero attached hydrogens (tertiary/aromatic N) is 1. The monoisotopic (exact) mass is 460 g/mol. The number of nitrogens with one attached hydrogen (secondary N) is 1. The molecule has 0 saturated carbocycles. The fourth-order valence-electron chi connectivity index (χ4n) is 3.45. The summed E-state index contributed by atoms with van der Waals surface area (Å²) < 4.78 is 11.5. The molecule has 1 saturated heterocycles. The number of carbonyl (C=O) groups excluding carboxylic acids is 2. The first-order valence-electron chi connectivity index (χ1n) is 9.55. The van der Waals surface area contributed by atoms with Crippen molar-refractivity contribution in [2.45, 2.75) is 25.3 Å². The van der Waals surface area contributed by atoms with E-state index >= 15 is 0 Å². The van der Waals surface area contributed by atoms with Crippen molar-refractivity contribution >= 4 is 27.7 Å². The van der Waals surface area contributed by atoms with Gasteiger partial charge in [-0.2, -0.15) is 0 Å². The molecular weight excluding hydrogens is 436 g/mol. The fourth-order valence-corrected chi connectivity index (χ4v) is 3.71. The second kappa shape index (κ2) is 9.78. The van der Waals surface area contributed by atoms with E-state index in [1.54, 1.807) is 32.4 Å². The van der Waals surface area contributed by atoms with Gasteiger partial charge in [0.1, 0.15) is 0 Å². The zero-order valence-electron chi connectivity index (χ0n) is 16.6. The van der Waals surface area contributed by atoms with Crippen LogP contribution in [-0.4, -0.2) is 50.1 Å². The lowest BCUT2D eigenvalue weighted by atomic mass is 10.0. The van der Waals surface area contributed by atoms with Gasteiger partial charge in [-0.3, -0.25) is 9.59 Å². The summed E-state index contributed by atoms with van der Waals surface area (Å²) in [7, 11) is 3.11. The Labute approximate surface area is 179 Å². The zero-order valence-corrected chi connectivity index (χ0v) is 18.2. The summed E-state index contributed by atoms with van der Waals surface area (Å²) in [5, 5.41) is 3.09. The molecule has 29 heavy (non-hydrogen) atoms. The highest BCUT2D eigenvalue weighted by molar-refractivity contribution is 9.10. The van der Waals surface area contributed by atoms with Crippen LogP contribution in [0.2, 0.25) is 0 Å². The van der Waals surface area contributed by atoms with Crippen molar-refractivity contribution in [1.82, 2.24) is 10.2 Å². The van der Waals surface area contributed by atoms with Crippen molar-refractivity contribution in [2.75, 3.05) is 27.3 Å². The van der Waals surface area contributed by atoms with E-state index in [1.807, 2.05) is 29.2 Å². The Hall–Kier alpha value is -2.54. The third-order valence-corrected chi connectivity index (χ3v) is 5.58. The molecule has 1 aliphatic heterocycles. The van der Waals surface area contributed by atoms with Crippen LogP contribution < -0.4 is 14.8 Å². The van der Waals surface area contributed by atoms with E-state index in [0.29, 0.717) is 36.6 Å². The predicted molar refractivity (Wildman–Crippen MR) is 114 cm³/mol. The van der Waals surface area contributed by atoms with Crippen LogP contribution in [0.3, 0.4) is 0 Å². The molecule has 0 aliphatic carbocycles. The number of carbonyl (C=O) groups is 2. The second-order valence-corrected chi connectivity index (χ2v) is 7.92. The van der Waals surface area contributed by atoms with Gasteiger partial charge in [-0.25, -0.2) is 0 Å². The van der Waals surface area contributed by atoms with Crippen LogP contribution in [0.1, 0.15) is 28.8 Å². The molecule has 0 bridgehead atoms. The molecule has 154 valence electrons. The number of hydrogen-bond acceptors (Lipinski definition) is 4. The van der Waals surface area contributed by atoms with E-state index < -0.39 is 0 Å². The number of ether oxygens (including phenoxy) is 2. The molecule has 1 aliphatic rings. The highest BCUT2D eigenvalue weighted by Gasteiger charge is 2.25. The van der Waals surface area contributed by atoms with Crippen LogP contribution in [-0.2, 0) is 11.2 Å². The van der Waals surface area contributed by atoms with Gasteiger partial charge in [0.05, 0.1) is 20.6 Å². The molecule has 0 spiro atoms. The Kier molecular flexibility index (Phi) is 7.14. The number of rotatable bonds is 6. The topological polar surface area (TPSA) is 67.9 Å². The lowest BCUT2D eigenvalue weighted by Gasteiger charge is -2.32. The Bertz CT molecular complexity index is 862. The van der Waals surface area contributed by atoms with Gasteiger partial charge in [-0.05, 0) is 48.7 Å². The summed E-state index contributed by atoms with van der Waals surface area (Å²) in [5.74, 6) is 1.10. The normalized spacial score (nSPS) is 14.4. The minimum absolute atomic E-state index is 0.0111. The molecule has 0 aromatic heterocycles. The maximum atomic E-state index is 12.8. The van der Waals surface area contributed by atoms with E-state index in [-0.39, 0.29) is 17.9 Å². The number of halogens is 1. The minimum atomic E-state index is -0.0365. The van der Waals surface area contributed by atoms with Gasteiger partial charge in [-0.15, -0.1) is 0 Å². The molecule has 0 radical (unpaired) electrons. The Morgan fingerprint density at radius 3 is 2.31 bits per heavy atom. The van der Waals surface area contributed by atoms with Crippen molar-refractivity contribution in [3.05, 3.63) is 58.1 Å². The van der Waals surface area contributed by atoms with E-state index in [0.717, 1.165) is 22.9 Å². The number of piperidine rings is 1. The number of methoxy groups -OCH3 is 2. The molecule has 2 aromatic carbocycles. The van der Waals surface area contributed by atoms with Crippen molar-refractivity contribution in [2.24, 2.45) is 0 Å². The predicted octanol–water partition coefficient (Wildman–Crippen LogP) is 3.43. The van der Waals surface area contributed by atoms with E-state index in [1.165, 1.54) is 0 Å². The average Bonchev–Trinajstić information content (AvgIpc) is 2.75. The van der Waals surface area contributed by atoms with Crippen molar-refractivity contribution in [1.29, 1.82) is 0 Å². The molecule has 6 nitrogen and oxygen atoms in total. The van der Waals surface area contributed by atoms with Gasteiger partial charge in [0.25, 0.3) is 5.91 Å². The van der Waals surface area contributed by atoms with Crippen LogP contribution in [0.4, 0.5) is 0 Å². The molecular formula is C22H25BrN2O4. The maximum absolute atomic E-state index is 12.8. The minimum Gasteiger partial charge on any atom is -0.493 e. The van der Waals surface area contributed by atoms with Crippen molar-refractivity contribution in [3.8, 4) is 11.5 Å². The van der Waals surface area contributed by atoms with Gasteiger partial charge < -0.3 is 19.7 Å². The molecule has 2 amide bonds. The van der Waals surface area contributed by atoms with Crippen LogP contribution >= 0.6 is 15.9 Å². The van der Waals surface area contributed by atoms with Gasteiger partial charge in [-0.1, -0.05) is 28.1 Å². The summed E-state index contributed by atoms with van der Waals surface area (Å²) in [6.45, 7) is 1.22. The van der Waals surface area contributed by atoms with E-state index in [2.05, 4.69) is 21.2 Å². The molecule has 1 heterocycles. The molecule has 1 fully saturated rings. The van der Waals surface area contributed by atoms with Gasteiger partial charge in [0.2, 0.25) is 5.91 Å². The van der Waals surface area contributed by atoms with Gasteiger partial charge in [0, 0.05) is 29.2 Å². The maximum Gasteiger partial charge on any atom is 0.253 e. The summed E-state index contributed by atoms with van der Waals surface area (Å²) in [5.41, 5.74) is 1.55. The molecule has 0 unspecified atom stereocenters. The first-order chi connectivity index (χ1) is 14.0. The van der Waals surface area contributed by atoms with Crippen LogP contribution in [0.5, 0.6) is 11.5 Å². The zero-order chi connectivity index (χ0) is 20.8. The number of benzene rings is 2. The van der Waals surface area contributed by atoms with E-state index in [4.69, 9.17) is 9.47 Å². The summed E-state index contributed by atoms with van der Waals surface area (Å²) in [6.07, 6.45) is 1.84. The molecule has 0 atom stereocenters. The Morgan fingerprint density at radius 1 is 1.03 bits per heavy atom. The molecule has 2 aromatic rings. The summed E-state index contributed by atoms with van der Waals surface area (Å²) >= 11 is 3.39. The molecule has 3 rings (SSSR count). The number of likely N-dealkylation sites (tertiary alicyclic amines) is 1. The standard InChI is InChI=1S/C22H25BrN2O4/c1-28-19-8-5-16(14-20(19)29-2)22(27)25-11-9-18(10-12-25)24-21(26)13-15-3-6-17(23)7-4-15/h3-8,14,18H,9-13H2,1-2H3,(H,24,26). The quantitative estimate of drug-likeness (QED) is 0.716. The molecule has 7 heteroatoms. The van der Waals surface area contributed by atoms with Gasteiger partial charge in [0.15, 0.2) is 11.5 Å². The lowest BCUT2D eigenvalue weighted by Crippen LogP contribution is -2.46. The Morgan fingerprint density at radius 2 is 1.69 bits per heavy atom. The Balaban J connectivity index is 1.51. The third-order valence-electron chi connectivity index (χ3n) is 5.06. The van der Waals surface area contributed by atoms with Gasteiger partial charge >= 0.3 is 0 Å². The van der Waals surface area contributed by atoms with Crippen molar-refractivity contribution < 1.29 is 19.1 Å². The lowest BCUT2D eigenvalue weighted by molar-refractivity contribution is -0.121. The summed E-state index contributed by atoms with van der Waals surface area (Å²) in [4.78, 5) is 26.9. The SMILES string of the molecule is COc1ccc(C(=O)N2CCC(NC(=O)Cc3ccc(Br)cc3)CC2)cc1OC. The van der Waals surface area contributed by atoms with Crippen molar-refractivity contribution in [3.63, 3.8) is 0 Å². The first-order valence-corrected chi connectivity index (χ1v) is 10.3. The van der Waals surface area contributed by atoms with Crippen LogP contribution in [0.25, 0.3) is 0 Å². The smallest absolute Gasteiger partial charge is 0.253 e. The average molecular weight is 461 g/mol. The highest BCUT2D eigenvalue weighted by atomic mass is 79.9. The van der Waals surface area contributed by atoms with E-state index in [9.17, 15) is 9.59 Å². The number of hydrogen-bond donors (Lipinski definition) is 1. The summed E-state index contributed by atoms with van der Waals surface area (Å²) in [6, 6.07) is 13.0. The fraction of sp³-hybridized carbons (Fsp3) is 0.364. The van der Waals surface area contributed by atoms with Crippen LogP contribution in [0, 0.1) is 0 Å². The first kappa shape index (κ1) is 21.2. The number of amides is 2. The molecule has 1 N–H and O–H groups in total.